The minimum Gasteiger partial charge on any atom is -0.497 e. The van der Waals surface area contributed by atoms with E-state index in [2.05, 4.69) is 10.6 Å². The number of nitrogens with one attached hydrogen (secondary N) is 2. The highest BCUT2D eigenvalue weighted by molar-refractivity contribution is 5.86. The number of piperidine rings is 1. The molecule has 3 rings (SSSR count). The Bertz CT molecular complexity index is 778. The Labute approximate surface area is 166 Å². The summed E-state index contributed by atoms with van der Waals surface area (Å²) in [6.07, 6.45) is 1.55. The monoisotopic (exact) mass is 396 g/mol. The van der Waals surface area contributed by atoms with Gasteiger partial charge in [0, 0.05) is 18.1 Å². The zero-order valence-corrected chi connectivity index (χ0v) is 17.2. The van der Waals surface area contributed by atoms with E-state index in [1.807, 2.05) is 32.0 Å². The number of benzene rings is 1. The van der Waals surface area contributed by atoms with Crippen LogP contribution in [0.2, 0.25) is 0 Å². The fraction of sp³-hybridized carbons (Fsp3) is 0.550. The van der Waals surface area contributed by atoms with E-state index in [1.54, 1.807) is 14.2 Å². The van der Waals surface area contributed by atoms with Crippen LogP contribution in [0.4, 0.5) is 0 Å². The van der Waals surface area contributed by atoms with E-state index in [-0.39, 0.29) is 24.4 Å². The highest BCUT2D eigenvalue weighted by Gasteiger charge is 2.40. The highest BCUT2D eigenvalue weighted by Crippen LogP contribution is 2.34. The summed E-state index contributed by atoms with van der Waals surface area (Å²) in [7, 11) is 3.30. The number of methoxy groups -OCH3 is 2. The van der Waals surface area contributed by atoms with Crippen LogP contribution in [0.25, 0.3) is 11.0 Å². The van der Waals surface area contributed by atoms with Gasteiger partial charge in [-0.15, -0.1) is 12.4 Å². The first-order valence-corrected chi connectivity index (χ1v) is 9.08. The SMILES string of the molecule is COCC1(C(=O)NC(C)c2oc3ccc(OC)cc3c2C)CCNCC1.Cl. The van der Waals surface area contributed by atoms with E-state index in [1.165, 1.54) is 0 Å². The predicted molar refractivity (Wildman–Crippen MR) is 108 cm³/mol. The van der Waals surface area contributed by atoms with E-state index >= 15 is 0 Å². The van der Waals surface area contributed by atoms with Gasteiger partial charge in [-0.2, -0.15) is 0 Å². The van der Waals surface area contributed by atoms with Crippen molar-refractivity contribution in [1.29, 1.82) is 0 Å². The van der Waals surface area contributed by atoms with Crippen LogP contribution in [-0.4, -0.2) is 39.8 Å². The van der Waals surface area contributed by atoms with Gasteiger partial charge in [-0.25, -0.2) is 0 Å². The second-order valence-electron chi connectivity index (χ2n) is 7.11. The largest absolute Gasteiger partial charge is 0.497 e. The molecule has 27 heavy (non-hydrogen) atoms. The Morgan fingerprint density at radius 3 is 2.67 bits per heavy atom. The zero-order chi connectivity index (χ0) is 18.7. The molecular weight excluding hydrogens is 368 g/mol. The third-order valence-corrected chi connectivity index (χ3v) is 5.38. The molecule has 7 heteroatoms. The number of ether oxygens (including phenoxy) is 2. The number of rotatable bonds is 6. The van der Waals surface area contributed by atoms with Crippen molar-refractivity contribution in [2.45, 2.75) is 32.7 Å². The Morgan fingerprint density at radius 2 is 2.04 bits per heavy atom. The molecule has 1 aliphatic heterocycles. The number of hydrogen-bond donors (Lipinski definition) is 2. The van der Waals surface area contributed by atoms with Crippen molar-refractivity contribution >= 4 is 29.3 Å². The molecule has 0 spiro atoms. The van der Waals surface area contributed by atoms with Crippen molar-refractivity contribution in [3.05, 3.63) is 29.5 Å². The van der Waals surface area contributed by atoms with Crippen molar-refractivity contribution in [3.63, 3.8) is 0 Å². The number of carbonyl (C=O) groups is 1. The molecule has 1 amide bonds. The lowest BCUT2D eigenvalue weighted by Gasteiger charge is -2.36. The fourth-order valence-corrected chi connectivity index (χ4v) is 3.79. The highest BCUT2D eigenvalue weighted by atomic mass is 35.5. The maximum absolute atomic E-state index is 13.0. The molecule has 6 nitrogen and oxygen atoms in total. The summed E-state index contributed by atoms with van der Waals surface area (Å²) in [5, 5.41) is 7.47. The molecule has 0 saturated carbocycles. The number of fused-ring (bicyclic) bond motifs is 1. The molecule has 2 N–H and O–H groups in total. The van der Waals surface area contributed by atoms with Crippen LogP contribution in [0, 0.1) is 12.3 Å². The average Bonchev–Trinajstić information content (AvgIpc) is 2.99. The molecule has 1 fully saturated rings. The van der Waals surface area contributed by atoms with E-state index in [0.717, 1.165) is 54.0 Å². The first kappa shape index (κ1) is 21.5. The van der Waals surface area contributed by atoms with Crippen LogP contribution in [0.5, 0.6) is 5.75 Å². The number of aryl methyl sites for hydroxylation is 1. The molecule has 2 heterocycles. The first-order chi connectivity index (χ1) is 12.5. The van der Waals surface area contributed by atoms with Gasteiger partial charge < -0.3 is 24.5 Å². The third kappa shape index (κ3) is 4.23. The summed E-state index contributed by atoms with van der Waals surface area (Å²) >= 11 is 0. The number of furan rings is 1. The first-order valence-electron chi connectivity index (χ1n) is 9.08. The molecule has 150 valence electrons. The maximum atomic E-state index is 13.0. The van der Waals surface area contributed by atoms with E-state index in [0.29, 0.717) is 6.61 Å². The van der Waals surface area contributed by atoms with Gasteiger partial charge in [0.25, 0.3) is 0 Å². The summed E-state index contributed by atoms with van der Waals surface area (Å²) in [6.45, 7) is 6.06. The van der Waals surface area contributed by atoms with Gasteiger partial charge in [0.2, 0.25) is 5.91 Å². The van der Waals surface area contributed by atoms with Crippen LogP contribution >= 0.6 is 12.4 Å². The topological polar surface area (TPSA) is 72.7 Å². The van der Waals surface area contributed by atoms with Crippen LogP contribution in [0.3, 0.4) is 0 Å². The van der Waals surface area contributed by atoms with Crippen molar-refractivity contribution in [2.24, 2.45) is 5.41 Å². The summed E-state index contributed by atoms with van der Waals surface area (Å²) < 4.78 is 16.7. The van der Waals surface area contributed by atoms with Gasteiger partial charge in [0.05, 0.1) is 25.2 Å². The molecule has 1 unspecified atom stereocenters. The Hall–Kier alpha value is -1.76. The average molecular weight is 397 g/mol. The van der Waals surface area contributed by atoms with E-state index in [4.69, 9.17) is 13.9 Å². The fourth-order valence-electron chi connectivity index (χ4n) is 3.79. The van der Waals surface area contributed by atoms with Crippen molar-refractivity contribution in [2.75, 3.05) is 33.9 Å². The van der Waals surface area contributed by atoms with Crippen molar-refractivity contribution in [1.82, 2.24) is 10.6 Å². The summed E-state index contributed by atoms with van der Waals surface area (Å²) in [6, 6.07) is 5.52. The molecule has 0 aliphatic carbocycles. The predicted octanol–water partition coefficient (Wildman–Crippen LogP) is 3.37. The van der Waals surface area contributed by atoms with Gasteiger partial charge in [-0.3, -0.25) is 4.79 Å². The smallest absolute Gasteiger partial charge is 0.229 e. The number of amides is 1. The molecule has 1 saturated heterocycles. The minimum absolute atomic E-state index is 0. The lowest BCUT2D eigenvalue weighted by atomic mass is 9.78. The van der Waals surface area contributed by atoms with Gasteiger partial charge in [0.15, 0.2) is 0 Å². The van der Waals surface area contributed by atoms with Gasteiger partial charge in [-0.1, -0.05) is 0 Å². The zero-order valence-electron chi connectivity index (χ0n) is 16.4. The Balaban J connectivity index is 0.00000261. The van der Waals surface area contributed by atoms with Gasteiger partial charge in [0.1, 0.15) is 17.1 Å². The molecule has 1 aromatic carbocycles. The maximum Gasteiger partial charge on any atom is 0.229 e. The summed E-state index contributed by atoms with van der Waals surface area (Å²) in [4.78, 5) is 13.0. The molecule has 0 bridgehead atoms. The number of halogens is 1. The van der Waals surface area contributed by atoms with Crippen molar-refractivity contribution in [3.8, 4) is 5.75 Å². The number of carbonyl (C=O) groups excluding carboxylic acids is 1. The van der Waals surface area contributed by atoms with Crippen LogP contribution in [-0.2, 0) is 9.53 Å². The van der Waals surface area contributed by atoms with Crippen LogP contribution < -0.4 is 15.4 Å². The molecule has 2 aromatic rings. The van der Waals surface area contributed by atoms with Crippen LogP contribution in [0.1, 0.15) is 37.1 Å². The molecule has 1 aromatic heterocycles. The third-order valence-electron chi connectivity index (χ3n) is 5.38. The second-order valence-corrected chi connectivity index (χ2v) is 7.11. The Kier molecular flexibility index (Phi) is 7.14. The summed E-state index contributed by atoms with van der Waals surface area (Å²) in [5.74, 6) is 1.60. The van der Waals surface area contributed by atoms with E-state index in [9.17, 15) is 4.79 Å². The van der Waals surface area contributed by atoms with Crippen molar-refractivity contribution < 1.29 is 18.7 Å². The summed E-state index contributed by atoms with van der Waals surface area (Å²) in [5.41, 5.74) is 1.35. The lowest BCUT2D eigenvalue weighted by Crippen LogP contribution is -2.50. The number of hydrogen-bond acceptors (Lipinski definition) is 5. The quantitative estimate of drug-likeness (QED) is 0.783. The normalized spacial score (nSPS) is 17.2. The molecule has 0 radical (unpaired) electrons. The minimum atomic E-state index is -0.475. The second kappa shape index (κ2) is 8.95. The standard InChI is InChI=1S/C20H28N2O4.ClH/c1-13-16-11-15(25-4)5-6-17(16)26-18(13)14(2)22-19(23)20(12-24-3)7-9-21-10-8-20;/h5-6,11,14,21H,7-10,12H2,1-4H3,(H,22,23);1H. The molecular formula is C20H29ClN2O4. The van der Waals surface area contributed by atoms with E-state index < -0.39 is 5.41 Å². The molecule has 1 atom stereocenters. The van der Waals surface area contributed by atoms with Gasteiger partial charge >= 0.3 is 0 Å². The Morgan fingerprint density at radius 1 is 1.33 bits per heavy atom. The van der Waals surface area contributed by atoms with Crippen LogP contribution in [0.15, 0.2) is 22.6 Å². The molecule has 1 aliphatic rings. The lowest BCUT2D eigenvalue weighted by molar-refractivity contribution is -0.137. The van der Waals surface area contributed by atoms with Gasteiger partial charge in [-0.05, 0) is 58.0 Å².